The molecule has 1 aromatic heterocycles. The second-order valence-electron chi connectivity index (χ2n) is 6.32. The van der Waals surface area contributed by atoms with Crippen LogP contribution in [0.25, 0.3) is 10.2 Å². The van der Waals surface area contributed by atoms with Crippen LogP contribution in [0, 0.1) is 0 Å². The van der Waals surface area contributed by atoms with Crippen LogP contribution in [0.5, 0.6) is 0 Å². The molecule has 1 atom stereocenters. The molecule has 134 valence electrons. The van der Waals surface area contributed by atoms with Crippen LogP contribution in [0.4, 0.5) is 5.69 Å². The Balaban J connectivity index is 1.48. The maximum absolute atomic E-state index is 12.5. The third kappa shape index (κ3) is 3.71. The summed E-state index contributed by atoms with van der Waals surface area (Å²) in [6, 6.07) is 13.4. The van der Waals surface area contributed by atoms with Crippen molar-refractivity contribution in [3.63, 3.8) is 0 Å². The van der Waals surface area contributed by atoms with Gasteiger partial charge in [-0.1, -0.05) is 35.3 Å². The average Bonchev–Trinajstić information content (AvgIpc) is 3.24. The van der Waals surface area contributed by atoms with Gasteiger partial charge in [0.15, 0.2) is 0 Å². The van der Waals surface area contributed by atoms with Gasteiger partial charge in [0, 0.05) is 5.02 Å². The van der Waals surface area contributed by atoms with Crippen LogP contribution in [0.1, 0.15) is 23.9 Å². The lowest BCUT2D eigenvalue weighted by Crippen LogP contribution is -2.33. The summed E-state index contributed by atoms with van der Waals surface area (Å²) < 4.78 is 1.18. The van der Waals surface area contributed by atoms with Gasteiger partial charge in [0.1, 0.15) is 5.01 Å². The number of rotatable bonds is 4. The van der Waals surface area contributed by atoms with Crippen molar-refractivity contribution in [3.05, 3.63) is 57.5 Å². The van der Waals surface area contributed by atoms with Gasteiger partial charge >= 0.3 is 0 Å². The first-order valence-electron chi connectivity index (χ1n) is 8.44. The maximum atomic E-state index is 12.5. The number of benzene rings is 2. The van der Waals surface area contributed by atoms with Crippen molar-refractivity contribution in [1.29, 1.82) is 0 Å². The van der Waals surface area contributed by atoms with Crippen molar-refractivity contribution in [1.82, 2.24) is 9.88 Å². The van der Waals surface area contributed by atoms with E-state index in [2.05, 4.69) is 16.3 Å². The van der Waals surface area contributed by atoms with Crippen LogP contribution in [0.15, 0.2) is 42.5 Å². The van der Waals surface area contributed by atoms with Crippen LogP contribution >= 0.6 is 34.5 Å². The largest absolute Gasteiger partial charge is 0.324 e. The Morgan fingerprint density at radius 1 is 1.27 bits per heavy atom. The molecular formula is C19H17Cl2N3OS. The molecule has 0 spiro atoms. The van der Waals surface area contributed by atoms with E-state index in [1.54, 1.807) is 29.5 Å². The molecule has 0 saturated carbocycles. The van der Waals surface area contributed by atoms with Crippen LogP contribution in [0.2, 0.25) is 10.0 Å². The number of carbonyl (C=O) groups is 1. The van der Waals surface area contributed by atoms with E-state index in [4.69, 9.17) is 28.2 Å². The van der Waals surface area contributed by atoms with Gasteiger partial charge in [0.25, 0.3) is 0 Å². The van der Waals surface area contributed by atoms with Gasteiger partial charge in [-0.15, -0.1) is 11.3 Å². The Kier molecular flexibility index (Phi) is 5.14. The van der Waals surface area contributed by atoms with Gasteiger partial charge < -0.3 is 5.32 Å². The van der Waals surface area contributed by atoms with Crippen molar-refractivity contribution in [2.45, 2.75) is 18.9 Å². The second-order valence-corrected chi connectivity index (χ2v) is 8.23. The molecule has 2 aromatic carbocycles. The second kappa shape index (κ2) is 7.53. The van der Waals surface area contributed by atoms with E-state index in [0.29, 0.717) is 22.3 Å². The predicted octanol–water partition coefficient (Wildman–Crippen LogP) is 5.38. The number of hydrogen-bond donors (Lipinski definition) is 1. The number of fused-ring (bicyclic) bond motifs is 1. The summed E-state index contributed by atoms with van der Waals surface area (Å²) in [5.41, 5.74) is 1.56. The number of halogens is 2. The molecule has 1 N–H and O–H groups in total. The zero-order valence-electron chi connectivity index (χ0n) is 13.9. The summed E-state index contributed by atoms with van der Waals surface area (Å²) in [6.45, 7) is 1.20. The molecule has 4 nitrogen and oxygen atoms in total. The Bertz CT molecular complexity index is 926. The highest BCUT2D eigenvalue weighted by Crippen LogP contribution is 2.36. The lowest BCUT2D eigenvalue weighted by atomic mass is 10.2. The van der Waals surface area contributed by atoms with Crippen molar-refractivity contribution in [3.8, 4) is 0 Å². The van der Waals surface area contributed by atoms with Crippen molar-refractivity contribution < 1.29 is 4.79 Å². The quantitative estimate of drug-likeness (QED) is 0.633. The fraction of sp³-hybridized carbons (Fsp3) is 0.263. The summed E-state index contributed by atoms with van der Waals surface area (Å²) in [4.78, 5) is 19.5. The summed E-state index contributed by atoms with van der Waals surface area (Å²) >= 11 is 13.8. The molecule has 0 unspecified atom stereocenters. The minimum absolute atomic E-state index is 0.0952. The molecule has 26 heavy (non-hydrogen) atoms. The van der Waals surface area contributed by atoms with Gasteiger partial charge in [-0.05, 0) is 49.7 Å². The molecule has 2 heterocycles. The highest BCUT2D eigenvalue weighted by atomic mass is 35.5. The Morgan fingerprint density at radius 3 is 2.96 bits per heavy atom. The Labute approximate surface area is 165 Å². The molecule has 0 aliphatic carbocycles. The third-order valence-electron chi connectivity index (χ3n) is 4.51. The predicted molar refractivity (Wildman–Crippen MR) is 108 cm³/mol. The smallest absolute Gasteiger partial charge is 0.238 e. The lowest BCUT2D eigenvalue weighted by molar-refractivity contribution is -0.117. The molecule has 1 aliphatic heterocycles. The first-order chi connectivity index (χ1) is 12.6. The van der Waals surface area contributed by atoms with Gasteiger partial charge in [0.2, 0.25) is 5.91 Å². The lowest BCUT2D eigenvalue weighted by Gasteiger charge is -2.22. The highest BCUT2D eigenvalue weighted by molar-refractivity contribution is 7.18. The van der Waals surface area contributed by atoms with Crippen LogP contribution in [-0.4, -0.2) is 28.9 Å². The summed E-state index contributed by atoms with van der Waals surface area (Å²) in [7, 11) is 0. The number of amides is 1. The number of para-hydroxylation sites is 1. The SMILES string of the molecule is O=C(CN1CCC[C@@H]1c1nc2ccccc2s1)Nc1cc(Cl)ccc1Cl. The van der Waals surface area contributed by atoms with E-state index in [0.717, 1.165) is 29.9 Å². The zero-order chi connectivity index (χ0) is 18.1. The number of carbonyl (C=O) groups excluding carboxylic acids is 1. The molecule has 7 heteroatoms. The van der Waals surface area contributed by atoms with E-state index in [9.17, 15) is 4.79 Å². The van der Waals surface area contributed by atoms with Gasteiger partial charge in [-0.25, -0.2) is 4.98 Å². The molecule has 1 fully saturated rings. The first-order valence-corrected chi connectivity index (χ1v) is 10.0. The number of thiazole rings is 1. The third-order valence-corrected chi connectivity index (χ3v) is 6.21. The van der Waals surface area contributed by atoms with E-state index in [1.807, 2.05) is 18.2 Å². The van der Waals surface area contributed by atoms with Gasteiger partial charge in [-0.2, -0.15) is 0 Å². The Hall–Kier alpha value is -1.66. The summed E-state index contributed by atoms with van der Waals surface area (Å²) in [5.74, 6) is -0.0952. The van der Waals surface area contributed by atoms with Crippen molar-refractivity contribution >= 4 is 56.3 Å². The number of hydrogen-bond acceptors (Lipinski definition) is 4. The average molecular weight is 406 g/mol. The van der Waals surface area contributed by atoms with Gasteiger partial charge in [0.05, 0.1) is 33.5 Å². The van der Waals surface area contributed by atoms with E-state index >= 15 is 0 Å². The van der Waals surface area contributed by atoms with E-state index in [1.165, 1.54) is 4.70 Å². The first kappa shape index (κ1) is 17.7. The fourth-order valence-electron chi connectivity index (χ4n) is 3.30. The topological polar surface area (TPSA) is 45.2 Å². The molecule has 0 bridgehead atoms. The maximum Gasteiger partial charge on any atom is 0.238 e. The van der Waals surface area contributed by atoms with E-state index < -0.39 is 0 Å². The fourth-order valence-corrected chi connectivity index (χ4v) is 4.77. The van der Waals surface area contributed by atoms with Gasteiger partial charge in [-0.3, -0.25) is 9.69 Å². The van der Waals surface area contributed by atoms with Crippen molar-refractivity contribution in [2.75, 3.05) is 18.4 Å². The van der Waals surface area contributed by atoms with E-state index in [-0.39, 0.29) is 11.9 Å². The van der Waals surface area contributed by atoms with Crippen LogP contribution in [-0.2, 0) is 4.79 Å². The minimum atomic E-state index is -0.0952. The standard InChI is InChI=1S/C19H17Cl2N3OS/c20-12-7-8-13(21)15(10-12)22-18(25)11-24-9-3-5-16(24)19-23-14-4-1-2-6-17(14)26-19/h1-2,4,6-8,10,16H,3,5,9,11H2,(H,22,25)/t16-/m1/s1. The Morgan fingerprint density at radius 2 is 2.12 bits per heavy atom. The molecule has 3 aromatic rings. The molecule has 1 aliphatic rings. The number of nitrogens with one attached hydrogen (secondary N) is 1. The summed E-state index contributed by atoms with van der Waals surface area (Å²) in [6.07, 6.45) is 2.08. The number of anilines is 1. The summed E-state index contributed by atoms with van der Waals surface area (Å²) in [5, 5.41) is 4.96. The normalized spacial score (nSPS) is 17.7. The highest BCUT2D eigenvalue weighted by Gasteiger charge is 2.30. The minimum Gasteiger partial charge on any atom is -0.324 e. The van der Waals surface area contributed by atoms with Crippen molar-refractivity contribution in [2.24, 2.45) is 0 Å². The molecule has 1 saturated heterocycles. The number of aromatic nitrogens is 1. The monoisotopic (exact) mass is 405 g/mol. The van der Waals surface area contributed by atoms with Crippen LogP contribution < -0.4 is 5.32 Å². The number of likely N-dealkylation sites (tertiary alicyclic amines) is 1. The molecule has 4 rings (SSSR count). The zero-order valence-corrected chi connectivity index (χ0v) is 16.2. The molecular weight excluding hydrogens is 389 g/mol. The number of nitrogens with zero attached hydrogens (tertiary/aromatic N) is 2. The molecule has 0 radical (unpaired) electrons. The molecule has 1 amide bonds. The van der Waals surface area contributed by atoms with Crippen LogP contribution in [0.3, 0.4) is 0 Å².